The Hall–Kier alpha value is -0.920. The minimum Gasteiger partial charge on any atom is -0.373 e. The number of epoxide rings is 2. The Balaban J connectivity index is 1.80. The van der Waals surface area contributed by atoms with Crippen LogP contribution in [0.5, 0.6) is 0 Å². The van der Waals surface area contributed by atoms with Crippen molar-refractivity contribution < 1.29 is 34.9 Å². The number of halogens is 3. The number of hydrogen-bond acceptors (Lipinski definition) is 4. The Labute approximate surface area is 135 Å². The molecule has 5 atom stereocenters. The zero-order valence-corrected chi connectivity index (χ0v) is 13.2. The van der Waals surface area contributed by atoms with Gasteiger partial charge in [-0.1, -0.05) is 6.08 Å². The molecule has 7 heteroatoms. The number of ether oxygens (including phenoxy) is 3. The number of hydrogen-bond donors (Lipinski definition) is 0. The van der Waals surface area contributed by atoms with Gasteiger partial charge in [0.1, 0.15) is 17.3 Å². The highest BCUT2D eigenvalue weighted by Gasteiger charge is 2.71. The summed E-state index contributed by atoms with van der Waals surface area (Å²) in [7, 11) is 1.32. The van der Waals surface area contributed by atoms with E-state index in [1.807, 2.05) is 0 Å². The molecule has 1 saturated carbocycles. The number of methoxy groups -OCH3 is 1. The van der Waals surface area contributed by atoms with Crippen LogP contribution >= 0.6 is 0 Å². The quantitative estimate of drug-likeness (QED) is 0.585. The molecule has 1 spiro atoms. The normalized spacial score (nSPS) is 47.3. The summed E-state index contributed by atoms with van der Waals surface area (Å²) >= 11 is 0. The third-order valence-electron chi connectivity index (χ3n) is 5.14. The standard InChI is InChI=1S/C16H21F3O4/c1-9(16(17,18)19)4-5-11-14(2,23-11)13-12(21-3)10(20)6-7-15(13)8-22-15/h4,11-13H,5-8H2,1-3H3/b9-4+/t11-,12-,13-,14-,15+/m1/s1/i6D2. The van der Waals surface area contributed by atoms with E-state index >= 15 is 0 Å². The van der Waals surface area contributed by atoms with Crippen LogP contribution in [0, 0.1) is 5.92 Å². The summed E-state index contributed by atoms with van der Waals surface area (Å²) in [4.78, 5) is 12.4. The molecule has 2 aliphatic heterocycles. The minimum absolute atomic E-state index is 0.0614. The molecule has 3 fully saturated rings. The Morgan fingerprint density at radius 2 is 2.22 bits per heavy atom. The van der Waals surface area contributed by atoms with Crippen LogP contribution in [-0.4, -0.2) is 49.1 Å². The fourth-order valence-electron chi connectivity index (χ4n) is 3.54. The molecule has 0 aromatic carbocycles. The lowest BCUT2D eigenvalue weighted by atomic mass is 9.69. The van der Waals surface area contributed by atoms with Gasteiger partial charge in [-0.3, -0.25) is 4.79 Å². The van der Waals surface area contributed by atoms with Gasteiger partial charge in [0.2, 0.25) is 0 Å². The topological polar surface area (TPSA) is 51.4 Å². The number of ketones is 1. The number of carbonyl (C=O) groups excluding carboxylic acids is 1. The van der Waals surface area contributed by atoms with Gasteiger partial charge in [-0.2, -0.15) is 13.2 Å². The van der Waals surface area contributed by atoms with Crippen LogP contribution in [0.2, 0.25) is 0 Å². The molecular weight excluding hydrogens is 313 g/mol. The molecule has 4 nitrogen and oxygen atoms in total. The van der Waals surface area contributed by atoms with Crippen molar-refractivity contribution >= 4 is 5.78 Å². The smallest absolute Gasteiger partial charge is 0.373 e. The van der Waals surface area contributed by atoms with E-state index in [2.05, 4.69) is 0 Å². The van der Waals surface area contributed by atoms with Crippen LogP contribution < -0.4 is 0 Å². The summed E-state index contributed by atoms with van der Waals surface area (Å²) in [5.41, 5.74) is -2.43. The van der Waals surface area contributed by atoms with Gasteiger partial charge in [0.05, 0.1) is 18.6 Å². The first-order chi connectivity index (χ1) is 11.4. The van der Waals surface area contributed by atoms with E-state index in [0.29, 0.717) is 0 Å². The van der Waals surface area contributed by atoms with Crippen molar-refractivity contribution in [3.63, 3.8) is 0 Å². The van der Waals surface area contributed by atoms with E-state index in [-0.39, 0.29) is 19.4 Å². The number of rotatable bonds is 4. The SMILES string of the molecule is [2H]C1([2H])C[C@]2(CO2)[C@@H]([C@]2(C)O[C@@H]2C/C=C(\C)C(F)(F)F)[C@H](OC)C1=O. The lowest BCUT2D eigenvalue weighted by Crippen LogP contribution is -2.52. The Bertz CT molecular complexity index is 615. The molecule has 3 aliphatic rings. The summed E-state index contributed by atoms with van der Waals surface area (Å²) in [5.74, 6) is -1.22. The molecule has 2 heterocycles. The summed E-state index contributed by atoms with van der Waals surface area (Å²) in [6.07, 6.45) is -6.92. The van der Waals surface area contributed by atoms with E-state index < -0.39 is 53.2 Å². The van der Waals surface area contributed by atoms with E-state index in [0.717, 1.165) is 13.0 Å². The Morgan fingerprint density at radius 3 is 2.74 bits per heavy atom. The van der Waals surface area contributed by atoms with Gasteiger partial charge in [-0.15, -0.1) is 0 Å². The second-order valence-corrected chi connectivity index (χ2v) is 6.62. The molecule has 2 saturated heterocycles. The first-order valence-corrected chi connectivity index (χ1v) is 7.50. The van der Waals surface area contributed by atoms with Gasteiger partial charge in [0.15, 0.2) is 5.78 Å². The van der Waals surface area contributed by atoms with Gasteiger partial charge in [0.25, 0.3) is 0 Å². The third-order valence-corrected chi connectivity index (χ3v) is 5.14. The van der Waals surface area contributed by atoms with Crippen molar-refractivity contribution in [1.82, 2.24) is 0 Å². The third kappa shape index (κ3) is 2.83. The van der Waals surface area contributed by atoms with Gasteiger partial charge < -0.3 is 14.2 Å². The Morgan fingerprint density at radius 1 is 1.57 bits per heavy atom. The fraction of sp³-hybridized carbons (Fsp3) is 0.812. The largest absolute Gasteiger partial charge is 0.412 e. The summed E-state index contributed by atoms with van der Waals surface area (Å²) in [5, 5.41) is 0. The van der Waals surface area contributed by atoms with Crippen molar-refractivity contribution in [3.8, 4) is 0 Å². The average Bonchev–Trinajstić information content (AvgIpc) is 3.38. The van der Waals surface area contributed by atoms with E-state index in [9.17, 15) is 18.0 Å². The van der Waals surface area contributed by atoms with Crippen molar-refractivity contribution in [3.05, 3.63) is 11.6 Å². The van der Waals surface area contributed by atoms with Crippen LogP contribution in [-0.2, 0) is 19.0 Å². The van der Waals surface area contributed by atoms with E-state index in [4.69, 9.17) is 17.0 Å². The highest BCUT2D eigenvalue weighted by Crippen LogP contribution is 2.58. The minimum atomic E-state index is -4.38. The number of Topliss-reactive ketones (excluding diaryl/α,β-unsaturated/α-hetero) is 1. The van der Waals surface area contributed by atoms with Gasteiger partial charge >= 0.3 is 6.18 Å². The average molecular weight is 336 g/mol. The lowest BCUT2D eigenvalue weighted by Gasteiger charge is -2.37. The molecule has 3 rings (SSSR count). The molecule has 130 valence electrons. The van der Waals surface area contributed by atoms with E-state index in [1.54, 1.807) is 6.92 Å². The summed E-state index contributed by atoms with van der Waals surface area (Å²) in [6, 6.07) is 0. The molecule has 0 amide bonds. The predicted octanol–water partition coefficient (Wildman–Crippen LogP) is 2.81. The van der Waals surface area contributed by atoms with Crippen molar-refractivity contribution in [1.29, 1.82) is 0 Å². The van der Waals surface area contributed by atoms with Gasteiger partial charge in [0, 0.05) is 21.8 Å². The number of alkyl halides is 3. The van der Waals surface area contributed by atoms with Crippen molar-refractivity contribution in [2.75, 3.05) is 13.7 Å². The van der Waals surface area contributed by atoms with Crippen molar-refractivity contribution in [2.24, 2.45) is 5.92 Å². The first kappa shape index (κ1) is 14.4. The van der Waals surface area contributed by atoms with E-state index in [1.165, 1.54) is 7.11 Å². The lowest BCUT2D eigenvalue weighted by molar-refractivity contribution is -0.142. The zero-order chi connectivity index (χ0) is 18.8. The molecule has 0 N–H and O–H groups in total. The molecule has 0 aromatic heterocycles. The molecule has 0 unspecified atom stereocenters. The maximum atomic E-state index is 12.6. The molecule has 1 aliphatic carbocycles. The van der Waals surface area contributed by atoms with Crippen LogP contribution in [0.3, 0.4) is 0 Å². The molecule has 0 bridgehead atoms. The summed E-state index contributed by atoms with van der Waals surface area (Å²) < 4.78 is 70.2. The highest BCUT2D eigenvalue weighted by atomic mass is 19.4. The number of allylic oxidation sites excluding steroid dienone is 1. The maximum absolute atomic E-state index is 12.6. The molecule has 0 radical (unpaired) electrons. The second-order valence-electron chi connectivity index (χ2n) is 6.62. The first-order valence-electron chi connectivity index (χ1n) is 8.50. The maximum Gasteiger partial charge on any atom is 0.412 e. The predicted molar refractivity (Wildman–Crippen MR) is 74.9 cm³/mol. The highest BCUT2D eigenvalue weighted by molar-refractivity contribution is 5.85. The van der Waals surface area contributed by atoms with Crippen LogP contribution in [0.4, 0.5) is 13.2 Å². The second kappa shape index (κ2) is 5.29. The monoisotopic (exact) mass is 336 g/mol. The van der Waals surface area contributed by atoms with Gasteiger partial charge in [-0.25, -0.2) is 0 Å². The molecule has 0 aromatic rings. The van der Waals surface area contributed by atoms with Crippen LogP contribution in [0.15, 0.2) is 11.6 Å². The summed E-state index contributed by atoms with van der Waals surface area (Å²) in [6.45, 7) is 3.01. The fourth-order valence-corrected chi connectivity index (χ4v) is 3.54. The number of carbonyl (C=O) groups is 1. The van der Waals surface area contributed by atoms with Crippen LogP contribution in [0.25, 0.3) is 0 Å². The van der Waals surface area contributed by atoms with Crippen molar-refractivity contribution in [2.45, 2.75) is 62.6 Å². The zero-order valence-electron chi connectivity index (χ0n) is 15.2. The molecular formula is C16H21F3O4. The van der Waals surface area contributed by atoms with Gasteiger partial charge in [-0.05, 0) is 26.7 Å². The Kier molecular flexibility index (Phi) is 3.32. The van der Waals surface area contributed by atoms with Crippen LogP contribution in [0.1, 0.15) is 35.8 Å². The molecule has 23 heavy (non-hydrogen) atoms.